The smallest absolute Gasteiger partial charge is 0.273 e. The SMILES string of the molecule is O=C1NC(=O)N(C2CCCCC2)C(=O)/C1=C/c1ccc(Br)cc1. The van der Waals surface area contributed by atoms with Crippen molar-refractivity contribution in [3.05, 3.63) is 39.9 Å². The average Bonchev–Trinajstić information content (AvgIpc) is 2.54. The minimum atomic E-state index is -0.630. The molecule has 4 amide bonds. The molecular weight excluding hydrogens is 360 g/mol. The molecule has 0 radical (unpaired) electrons. The number of carbonyl (C=O) groups excluding carboxylic acids is 3. The molecule has 1 saturated carbocycles. The number of benzene rings is 1. The summed E-state index contributed by atoms with van der Waals surface area (Å²) in [5.74, 6) is -1.12. The monoisotopic (exact) mass is 376 g/mol. The Morgan fingerprint density at radius 1 is 1.04 bits per heavy atom. The van der Waals surface area contributed by atoms with Gasteiger partial charge in [-0.15, -0.1) is 0 Å². The second-order valence-corrected chi connectivity index (χ2v) is 6.75. The van der Waals surface area contributed by atoms with E-state index in [1.54, 1.807) is 12.1 Å². The number of urea groups is 1. The van der Waals surface area contributed by atoms with Crippen molar-refractivity contribution >= 4 is 39.9 Å². The van der Waals surface area contributed by atoms with Crippen molar-refractivity contribution in [1.29, 1.82) is 0 Å². The second-order valence-electron chi connectivity index (χ2n) is 5.84. The van der Waals surface area contributed by atoms with Crippen molar-refractivity contribution in [2.24, 2.45) is 0 Å². The van der Waals surface area contributed by atoms with Crippen molar-refractivity contribution in [1.82, 2.24) is 10.2 Å². The van der Waals surface area contributed by atoms with Crippen LogP contribution in [0.25, 0.3) is 6.08 Å². The fourth-order valence-electron chi connectivity index (χ4n) is 3.07. The van der Waals surface area contributed by atoms with Crippen LogP contribution >= 0.6 is 15.9 Å². The van der Waals surface area contributed by atoms with Gasteiger partial charge >= 0.3 is 6.03 Å². The van der Waals surface area contributed by atoms with Crippen LogP contribution in [0.5, 0.6) is 0 Å². The lowest BCUT2D eigenvalue weighted by Crippen LogP contribution is -2.58. The van der Waals surface area contributed by atoms with Gasteiger partial charge in [0.2, 0.25) is 0 Å². The summed E-state index contributed by atoms with van der Waals surface area (Å²) in [6.45, 7) is 0. The van der Waals surface area contributed by atoms with E-state index in [9.17, 15) is 14.4 Å². The van der Waals surface area contributed by atoms with Gasteiger partial charge < -0.3 is 0 Å². The molecule has 6 heteroatoms. The number of nitrogens with zero attached hydrogens (tertiary/aromatic N) is 1. The summed E-state index contributed by atoms with van der Waals surface area (Å²) in [6.07, 6.45) is 6.27. The predicted molar refractivity (Wildman–Crippen MR) is 89.4 cm³/mol. The molecule has 1 aromatic carbocycles. The summed E-state index contributed by atoms with van der Waals surface area (Å²) in [5, 5.41) is 2.29. The zero-order chi connectivity index (χ0) is 16.4. The highest BCUT2D eigenvalue weighted by Gasteiger charge is 2.40. The molecule has 1 aliphatic heterocycles. The molecule has 5 nitrogen and oxygen atoms in total. The lowest BCUT2D eigenvalue weighted by atomic mass is 9.93. The molecule has 1 aromatic rings. The van der Waals surface area contributed by atoms with E-state index in [2.05, 4.69) is 21.2 Å². The molecule has 0 aromatic heterocycles. The zero-order valence-corrected chi connectivity index (χ0v) is 14.1. The van der Waals surface area contributed by atoms with Crippen LogP contribution in [0.1, 0.15) is 37.7 Å². The number of barbiturate groups is 1. The van der Waals surface area contributed by atoms with Gasteiger partial charge in [0.25, 0.3) is 11.8 Å². The number of hydrogen-bond donors (Lipinski definition) is 1. The molecule has 23 heavy (non-hydrogen) atoms. The summed E-state index contributed by atoms with van der Waals surface area (Å²) in [7, 11) is 0. The van der Waals surface area contributed by atoms with Crippen LogP contribution in [0.15, 0.2) is 34.3 Å². The minimum Gasteiger partial charge on any atom is -0.273 e. The Labute approximate surface area is 142 Å². The quantitative estimate of drug-likeness (QED) is 0.636. The van der Waals surface area contributed by atoms with Crippen LogP contribution in [0, 0.1) is 0 Å². The molecule has 1 N–H and O–H groups in total. The van der Waals surface area contributed by atoms with Gasteiger partial charge in [-0.3, -0.25) is 19.8 Å². The maximum atomic E-state index is 12.7. The summed E-state index contributed by atoms with van der Waals surface area (Å²) < 4.78 is 0.915. The Kier molecular flexibility index (Phi) is 4.61. The molecule has 1 heterocycles. The van der Waals surface area contributed by atoms with Gasteiger partial charge in [-0.25, -0.2) is 4.79 Å². The van der Waals surface area contributed by atoms with Crippen molar-refractivity contribution in [2.75, 3.05) is 0 Å². The minimum absolute atomic E-state index is 0.0116. The van der Waals surface area contributed by atoms with Gasteiger partial charge in [0.1, 0.15) is 5.57 Å². The van der Waals surface area contributed by atoms with Crippen molar-refractivity contribution < 1.29 is 14.4 Å². The van der Waals surface area contributed by atoms with Gasteiger partial charge in [0.15, 0.2) is 0 Å². The van der Waals surface area contributed by atoms with E-state index < -0.39 is 17.8 Å². The lowest BCUT2D eigenvalue weighted by Gasteiger charge is -2.35. The van der Waals surface area contributed by atoms with Crippen molar-refractivity contribution in [3.8, 4) is 0 Å². The first-order chi connectivity index (χ1) is 11.1. The van der Waals surface area contributed by atoms with Crippen molar-refractivity contribution in [3.63, 3.8) is 0 Å². The summed E-state index contributed by atoms with van der Waals surface area (Å²) in [6, 6.07) is 6.57. The molecule has 120 valence electrons. The number of halogens is 1. The molecule has 0 atom stereocenters. The van der Waals surface area contributed by atoms with E-state index in [-0.39, 0.29) is 11.6 Å². The highest BCUT2D eigenvalue weighted by molar-refractivity contribution is 9.10. The molecule has 1 aliphatic carbocycles. The molecule has 1 saturated heterocycles. The highest BCUT2D eigenvalue weighted by atomic mass is 79.9. The fourth-order valence-corrected chi connectivity index (χ4v) is 3.33. The first-order valence-electron chi connectivity index (χ1n) is 7.72. The number of carbonyl (C=O) groups is 3. The van der Waals surface area contributed by atoms with Gasteiger partial charge in [0.05, 0.1) is 0 Å². The van der Waals surface area contributed by atoms with E-state index >= 15 is 0 Å². The van der Waals surface area contributed by atoms with Crippen LogP contribution in [0.2, 0.25) is 0 Å². The third kappa shape index (κ3) is 3.37. The van der Waals surface area contributed by atoms with Crippen LogP contribution < -0.4 is 5.32 Å². The molecule has 3 rings (SSSR count). The largest absolute Gasteiger partial charge is 0.331 e. The number of amides is 4. The van der Waals surface area contributed by atoms with Crippen LogP contribution in [-0.2, 0) is 9.59 Å². The first kappa shape index (κ1) is 15.9. The first-order valence-corrected chi connectivity index (χ1v) is 8.51. The molecule has 0 bridgehead atoms. The van der Waals surface area contributed by atoms with Crippen LogP contribution in [-0.4, -0.2) is 28.8 Å². The summed E-state index contributed by atoms with van der Waals surface area (Å²) >= 11 is 3.34. The van der Waals surface area contributed by atoms with Gasteiger partial charge in [-0.2, -0.15) is 0 Å². The lowest BCUT2D eigenvalue weighted by molar-refractivity contribution is -0.132. The van der Waals surface area contributed by atoms with Crippen molar-refractivity contribution in [2.45, 2.75) is 38.1 Å². The van der Waals surface area contributed by atoms with Crippen LogP contribution in [0.3, 0.4) is 0 Å². The fraction of sp³-hybridized carbons (Fsp3) is 0.353. The number of rotatable bonds is 2. The molecule has 0 spiro atoms. The van der Waals surface area contributed by atoms with Gasteiger partial charge in [-0.05, 0) is 36.6 Å². The van der Waals surface area contributed by atoms with Crippen LogP contribution in [0.4, 0.5) is 4.79 Å². The normalized spacial score (nSPS) is 21.7. The Bertz CT molecular complexity index is 676. The maximum Gasteiger partial charge on any atom is 0.331 e. The zero-order valence-electron chi connectivity index (χ0n) is 12.5. The summed E-state index contributed by atoms with van der Waals surface area (Å²) in [5.41, 5.74) is 0.752. The molecule has 2 fully saturated rings. The Morgan fingerprint density at radius 3 is 2.35 bits per heavy atom. The van der Waals surface area contributed by atoms with Gasteiger partial charge in [0, 0.05) is 10.5 Å². The highest BCUT2D eigenvalue weighted by Crippen LogP contribution is 2.26. The van der Waals surface area contributed by atoms with E-state index in [0.29, 0.717) is 0 Å². The topological polar surface area (TPSA) is 66.5 Å². The third-order valence-electron chi connectivity index (χ3n) is 4.25. The average molecular weight is 377 g/mol. The van der Waals surface area contributed by atoms with Gasteiger partial charge in [-0.1, -0.05) is 47.3 Å². The maximum absolute atomic E-state index is 12.7. The second kappa shape index (κ2) is 6.66. The number of imide groups is 2. The number of hydrogen-bond acceptors (Lipinski definition) is 3. The summed E-state index contributed by atoms with van der Waals surface area (Å²) in [4.78, 5) is 38.1. The van der Waals surface area contributed by atoms with E-state index in [0.717, 1.165) is 42.1 Å². The molecular formula is C17H17BrN2O3. The third-order valence-corrected chi connectivity index (χ3v) is 4.78. The molecule has 0 unspecified atom stereocenters. The Morgan fingerprint density at radius 2 is 1.70 bits per heavy atom. The predicted octanol–water partition coefficient (Wildman–Crippen LogP) is 3.24. The number of nitrogens with one attached hydrogen (secondary N) is 1. The van der Waals surface area contributed by atoms with E-state index in [1.165, 1.54) is 11.0 Å². The van der Waals surface area contributed by atoms with E-state index in [4.69, 9.17) is 0 Å². The molecule has 2 aliphatic rings. The standard InChI is InChI=1S/C17H17BrN2O3/c18-12-8-6-11(7-9-12)10-14-15(21)19-17(23)20(16(14)22)13-4-2-1-3-5-13/h6-10,13H,1-5H2,(H,19,21,23)/b14-10+. The Balaban J connectivity index is 1.90. The van der Waals surface area contributed by atoms with E-state index in [1.807, 2.05) is 12.1 Å². The Hall–Kier alpha value is -1.95.